The van der Waals surface area contributed by atoms with Crippen LogP contribution in [0.15, 0.2) is 70.9 Å². The van der Waals surface area contributed by atoms with E-state index in [0.29, 0.717) is 43.2 Å². The second-order valence-corrected chi connectivity index (χ2v) is 9.82. The van der Waals surface area contributed by atoms with Crippen molar-refractivity contribution in [3.8, 4) is 0 Å². The number of hydrogen-bond acceptors (Lipinski definition) is 7. The Morgan fingerprint density at radius 2 is 1.82 bits per heavy atom. The number of thioether (sulfide) groups is 1. The number of fused-ring (bicyclic) bond motifs is 1. The van der Waals surface area contributed by atoms with Gasteiger partial charge in [0, 0.05) is 33.1 Å². The van der Waals surface area contributed by atoms with Gasteiger partial charge in [0.2, 0.25) is 5.88 Å². The highest BCUT2D eigenvalue weighted by molar-refractivity contribution is 8.06. The maximum atomic E-state index is 13.1. The number of nitrogen functional groups attached to an aromatic ring is 1. The summed E-state index contributed by atoms with van der Waals surface area (Å²) in [4.78, 5) is 28.5. The van der Waals surface area contributed by atoms with Crippen molar-refractivity contribution >= 4 is 68.3 Å². The largest absolute Gasteiger partial charge is 0.494 e. The minimum Gasteiger partial charge on any atom is -0.494 e. The normalized spacial score (nSPS) is 17.7. The van der Waals surface area contributed by atoms with Gasteiger partial charge in [0.05, 0.1) is 21.2 Å². The molecule has 2 heterocycles. The number of anilines is 3. The van der Waals surface area contributed by atoms with Crippen LogP contribution in [0.4, 0.5) is 16.4 Å². The molecule has 4 N–H and O–H groups in total. The van der Waals surface area contributed by atoms with Crippen molar-refractivity contribution in [3.05, 3.63) is 91.9 Å². The lowest BCUT2D eigenvalue weighted by Gasteiger charge is -2.24. The number of benzene rings is 2. The summed E-state index contributed by atoms with van der Waals surface area (Å²) in [5, 5.41) is 16.5. The SMILES string of the molecule is Nc1sc2c(c1C(=O)Nc1ccc(Cl)cc1)CCC(=O)C2=C1SC=C(O)N1c1ccccc1. The van der Waals surface area contributed by atoms with E-state index in [2.05, 4.69) is 5.32 Å². The van der Waals surface area contributed by atoms with Crippen molar-refractivity contribution in [3.63, 3.8) is 0 Å². The lowest BCUT2D eigenvalue weighted by molar-refractivity contribution is -0.113. The summed E-state index contributed by atoms with van der Waals surface area (Å²) in [5.41, 5.74) is 9.27. The Bertz CT molecular complexity index is 1330. The molecule has 1 aliphatic carbocycles. The molecule has 0 saturated carbocycles. The van der Waals surface area contributed by atoms with Gasteiger partial charge in [0.25, 0.3) is 5.91 Å². The molecule has 0 fully saturated rings. The monoisotopic (exact) mass is 495 g/mol. The Morgan fingerprint density at radius 3 is 2.55 bits per heavy atom. The number of carbonyl (C=O) groups excluding carboxylic acids is 2. The number of rotatable bonds is 3. The third-order valence-electron chi connectivity index (χ3n) is 5.41. The van der Waals surface area contributed by atoms with E-state index in [1.165, 1.54) is 23.1 Å². The first-order chi connectivity index (χ1) is 15.9. The fourth-order valence-corrected chi connectivity index (χ4v) is 6.25. The molecule has 1 aliphatic heterocycles. The molecule has 0 radical (unpaired) electrons. The van der Waals surface area contributed by atoms with E-state index in [1.807, 2.05) is 30.3 Å². The van der Waals surface area contributed by atoms with Crippen molar-refractivity contribution in [2.24, 2.45) is 0 Å². The number of nitrogens with zero attached hydrogens (tertiary/aromatic N) is 1. The van der Waals surface area contributed by atoms with Crippen LogP contribution in [0.25, 0.3) is 5.57 Å². The predicted molar refractivity (Wildman–Crippen MR) is 136 cm³/mol. The maximum Gasteiger partial charge on any atom is 0.258 e. The van der Waals surface area contributed by atoms with E-state index in [1.54, 1.807) is 34.6 Å². The molecule has 0 bridgehead atoms. The van der Waals surface area contributed by atoms with Crippen LogP contribution >= 0.6 is 34.7 Å². The Kier molecular flexibility index (Phi) is 5.65. The van der Waals surface area contributed by atoms with Gasteiger partial charge >= 0.3 is 0 Å². The highest BCUT2D eigenvalue weighted by atomic mass is 35.5. The van der Waals surface area contributed by atoms with Crippen molar-refractivity contribution in [1.29, 1.82) is 0 Å². The number of hydrogen-bond donors (Lipinski definition) is 3. The highest BCUT2D eigenvalue weighted by Crippen LogP contribution is 2.48. The summed E-state index contributed by atoms with van der Waals surface area (Å²) in [6.45, 7) is 0. The predicted octanol–water partition coefficient (Wildman–Crippen LogP) is 6.03. The maximum absolute atomic E-state index is 13.1. The van der Waals surface area contributed by atoms with Crippen molar-refractivity contribution in [2.45, 2.75) is 12.8 Å². The molecule has 2 aliphatic rings. The molecule has 2 aromatic carbocycles. The number of aliphatic hydroxyl groups excluding tert-OH is 1. The zero-order chi connectivity index (χ0) is 23.1. The Labute approximate surface area is 203 Å². The number of allylic oxidation sites excluding steroid dienone is 1. The van der Waals surface area contributed by atoms with E-state index in [9.17, 15) is 14.7 Å². The lowest BCUT2D eigenvalue weighted by Crippen LogP contribution is -2.22. The molecule has 6 nitrogen and oxygen atoms in total. The summed E-state index contributed by atoms with van der Waals surface area (Å²) < 4.78 is 0. The minimum atomic E-state index is -0.328. The zero-order valence-corrected chi connectivity index (χ0v) is 19.6. The van der Waals surface area contributed by atoms with Gasteiger partial charge in [-0.15, -0.1) is 11.3 Å². The smallest absolute Gasteiger partial charge is 0.258 e. The summed E-state index contributed by atoms with van der Waals surface area (Å²) in [7, 11) is 0. The van der Waals surface area contributed by atoms with Gasteiger partial charge in [-0.25, -0.2) is 0 Å². The third kappa shape index (κ3) is 3.90. The number of carbonyl (C=O) groups is 2. The van der Waals surface area contributed by atoms with Crippen LogP contribution in [0.5, 0.6) is 0 Å². The molecule has 0 spiro atoms. The Balaban J connectivity index is 1.58. The summed E-state index contributed by atoms with van der Waals surface area (Å²) in [6, 6.07) is 16.2. The number of para-hydroxylation sites is 1. The first-order valence-electron chi connectivity index (χ1n) is 10.1. The summed E-state index contributed by atoms with van der Waals surface area (Å²) >= 11 is 8.44. The molecule has 9 heteroatoms. The van der Waals surface area contributed by atoms with Crippen LogP contribution < -0.4 is 16.0 Å². The van der Waals surface area contributed by atoms with Crippen LogP contribution in [0.1, 0.15) is 27.2 Å². The zero-order valence-electron chi connectivity index (χ0n) is 17.2. The van der Waals surface area contributed by atoms with Gasteiger partial charge in [0.1, 0.15) is 0 Å². The molecule has 0 saturated heterocycles. The molecule has 1 amide bonds. The van der Waals surface area contributed by atoms with Crippen molar-refractivity contribution in [1.82, 2.24) is 0 Å². The fraction of sp³-hybridized carbons (Fsp3) is 0.0833. The quantitative estimate of drug-likeness (QED) is 0.384. The second-order valence-electron chi connectivity index (χ2n) is 7.48. The van der Waals surface area contributed by atoms with Gasteiger partial charge in [-0.3, -0.25) is 14.5 Å². The number of Topliss-reactive ketones (excluding diaryl/α,β-unsaturated/α-hetero) is 1. The molecule has 166 valence electrons. The van der Waals surface area contributed by atoms with Gasteiger partial charge in [-0.2, -0.15) is 0 Å². The minimum absolute atomic E-state index is 0.0406. The van der Waals surface area contributed by atoms with E-state index in [-0.39, 0.29) is 24.0 Å². The Morgan fingerprint density at radius 1 is 1.09 bits per heavy atom. The number of nitrogens with two attached hydrogens (primary N) is 1. The molecule has 5 rings (SSSR count). The van der Waals surface area contributed by atoms with Crippen LogP contribution in [0.2, 0.25) is 5.02 Å². The molecule has 33 heavy (non-hydrogen) atoms. The number of amides is 1. The molecular formula is C24H18ClN3O3S2. The van der Waals surface area contributed by atoms with Crippen molar-refractivity contribution in [2.75, 3.05) is 16.0 Å². The third-order valence-corrected chi connectivity index (χ3v) is 7.68. The van der Waals surface area contributed by atoms with E-state index in [0.717, 1.165) is 11.3 Å². The number of nitrogens with one attached hydrogen (secondary N) is 1. The number of ketones is 1. The number of halogens is 1. The van der Waals surface area contributed by atoms with Gasteiger partial charge in [0.15, 0.2) is 5.78 Å². The van der Waals surface area contributed by atoms with Crippen LogP contribution in [0.3, 0.4) is 0 Å². The average molecular weight is 496 g/mol. The first kappa shape index (κ1) is 21.6. The topological polar surface area (TPSA) is 95.7 Å². The average Bonchev–Trinajstić information content (AvgIpc) is 3.35. The van der Waals surface area contributed by atoms with Gasteiger partial charge < -0.3 is 16.2 Å². The number of aliphatic hydroxyl groups is 1. The standard InChI is InChI=1S/C24H18ClN3O3S2/c25-13-6-8-14(9-7-13)27-23(31)19-16-10-11-17(29)20(21(16)33-22(19)26)24-28(18(30)12-32-24)15-4-2-1-3-5-15/h1-9,12,30H,10-11,26H2,(H,27,31). The molecule has 3 aromatic rings. The highest BCUT2D eigenvalue weighted by Gasteiger charge is 2.36. The lowest BCUT2D eigenvalue weighted by atomic mass is 9.90. The van der Waals surface area contributed by atoms with Crippen LogP contribution in [-0.2, 0) is 11.2 Å². The van der Waals surface area contributed by atoms with E-state index < -0.39 is 0 Å². The van der Waals surface area contributed by atoms with Crippen LogP contribution in [0, 0.1) is 0 Å². The fourth-order valence-electron chi connectivity index (χ4n) is 3.92. The van der Waals surface area contributed by atoms with E-state index in [4.69, 9.17) is 17.3 Å². The molecule has 1 aromatic heterocycles. The number of thiophene rings is 1. The summed E-state index contributed by atoms with van der Waals surface area (Å²) in [5.74, 6) is -0.329. The van der Waals surface area contributed by atoms with Gasteiger partial charge in [-0.05, 0) is 48.4 Å². The molecule has 0 atom stereocenters. The second kappa shape index (κ2) is 8.62. The summed E-state index contributed by atoms with van der Waals surface area (Å²) in [6.07, 6.45) is 0.685. The first-order valence-corrected chi connectivity index (χ1v) is 12.2. The van der Waals surface area contributed by atoms with Crippen molar-refractivity contribution < 1.29 is 14.7 Å². The molecule has 0 unspecified atom stereocenters. The van der Waals surface area contributed by atoms with Gasteiger partial charge in [-0.1, -0.05) is 41.6 Å². The van der Waals surface area contributed by atoms with E-state index >= 15 is 0 Å². The molecular weight excluding hydrogens is 478 g/mol. The van der Waals surface area contributed by atoms with Crippen LogP contribution in [-0.4, -0.2) is 16.8 Å². The Hall–Kier alpha value is -3.20.